The number of rotatable bonds is 6. The van der Waals surface area contributed by atoms with E-state index in [4.69, 9.17) is 16.3 Å². The first kappa shape index (κ1) is 20.5. The van der Waals surface area contributed by atoms with Crippen molar-refractivity contribution in [3.8, 4) is 0 Å². The Labute approximate surface area is 181 Å². The maximum Gasteiger partial charge on any atom is 0.261 e. The van der Waals surface area contributed by atoms with Gasteiger partial charge in [-0.1, -0.05) is 65.8 Å². The van der Waals surface area contributed by atoms with Crippen LogP contribution in [0.5, 0.6) is 0 Å². The van der Waals surface area contributed by atoms with Gasteiger partial charge in [0.05, 0.1) is 18.1 Å². The zero-order valence-electron chi connectivity index (χ0n) is 16.3. The first-order valence-corrected chi connectivity index (χ1v) is 11.3. The fraction of sp³-hybridized carbons (Fsp3) is 0.348. The van der Waals surface area contributed by atoms with Crippen LogP contribution in [0.15, 0.2) is 59.5 Å². The number of carbonyl (C=O) groups is 1. The quantitative estimate of drug-likeness (QED) is 0.625. The van der Waals surface area contributed by atoms with Crippen molar-refractivity contribution in [3.05, 3.63) is 75.7 Å². The molecule has 6 heteroatoms. The molecule has 1 unspecified atom stereocenters. The minimum absolute atomic E-state index is 0.0409. The molecule has 4 nitrogen and oxygen atoms in total. The van der Waals surface area contributed by atoms with Gasteiger partial charge in [-0.15, -0.1) is 0 Å². The molecule has 152 valence electrons. The molecule has 29 heavy (non-hydrogen) atoms. The topological polar surface area (TPSA) is 32.8 Å². The Bertz CT molecular complexity index is 868. The van der Waals surface area contributed by atoms with E-state index in [1.54, 1.807) is 11.8 Å². The smallest absolute Gasteiger partial charge is 0.261 e. The molecule has 0 aliphatic carbocycles. The first-order chi connectivity index (χ1) is 14.2. The number of ether oxygens (including phenoxy) is 1. The third kappa shape index (κ3) is 5.23. The lowest BCUT2D eigenvalue weighted by molar-refractivity contribution is -0.126. The number of nitrogens with zero attached hydrogens (tertiary/aromatic N) is 2. The number of halogens is 1. The Kier molecular flexibility index (Phi) is 6.93. The first-order valence-electron chi connectivity index (χ1n) is 10.0. The van der Waals surface area contributed by atoms with E-state index in [0.29, 0.717) is 5.02 Å². The zero-order valence-corrected chi connectivity index (χ0v) is 17.9. The van der Waals surface area contributed by atoms with Crippen LogP contribution < -0.4 is 0 Å². The number of benzene rings is 2. The molecular weight excluding hydrogens is 404 g/mol. The van der Waals surface area contributed by atoms with Gasteiger partial charge in [-0.05, 0) is 35.8 Å². The molecule has 2 aliphatic rings. The lowest BCUT2D eigenvalue weighted by Crippen LogP contribution is -2.38. The average molecular weight is 429 g/mol. The molecule has 2 fully saturated rings. The maximum atomic E-state index is 13.2. The van der Waals surface area contributed by atoms with Crippen molar-refractivity contribution in [2.24, 2.45) is 0 Å². The second-order valence-electron chi connectivity index (χ2n) is 7.25. The molecule has 2 saturated heterocycles. The Morgan fingerprint density at radius 2 is 1.86 bits per heavy atom. The Morgan fingerprint density at radius 1 is 1.07 bits per heavy atom. The zero-order chi connectivity index (χ0) is 20.1. The normalized spacial score (nSPS) is 21.8. The van der Waals surface area contributed by atoms with E-state index in [-0.39, 0.29) is 11.3 Å². The Morgan fingerprint density at radius 3 is 2.62 bits per heavy atom. The fourth-order valence-electron chi connectivity index (χ4n) is 3.70. The van der Waals surface area contributed by atoms with Crippen LogP contribution in [-0.2, 0) is 9.53 Å². The van der Waals surface area contributed by atoms with Crippen molar-refractivity contribution in [1.82, 2.24) is 9.80 Å². The summed E-state index contributed by atoms with van der Waals surface area (Å²) in [5.41, 5.74) is 2.11. The van der Waals surface area contributed by atoms with E-state index in [1.165, 1.54) is 0 Å². The number of thioether (sulfide) groups is 1. The van der Waals surface area contributed by atoms with Gasteiger partial charge >= 0.3 is 0 Å². The largest absolute Gasteiger partial charge is 0.379 e. The van der Waals surface area contributed by atoms with Crippen LogP contribution in [0, 0.1) is 0 Å². The summed E-state index contributed by atoms with van der Waals surface area (Å²) in [5, 5.41) is 0.658. The average Bonchev–Trinajstić information content (AvgIpc) is 3.05. The molecule has 2 aromatic carbocycles. The van der Waals surface area contributed by atoms with E-state index >= 15 is 0 Å². The molecule has 1 atom stereocenters. The molecule has 2 aromatic rings. The summed E-state index contributed by atoms with van der Waals surface area (Å²) >= 11 is 7.85. The molecule has 0 aromatic heterocycles. The van der Waals surface area contributed by atoms with Gasteiger partial charge in [0.1, 0.15) is 5.37 Å². The minimum atomic E-state index is -0.0409. The molecular formula is C23H25ClN2O2S. The molecule has 1 amide bonds. The third-order valence-corrected chi connectivity index (χ3v) is 6.73. The van der Waals surface area contributed by atoms with Crippen LogP contribution in [-0.4, -0.2) is 55.1 Å². The predicted molar refractivity (Wildman–Crippen MR) is 120 cm³/mol. The number of carbonyl (C=O) groups excluding carboxylic acids is 1. The van der Waals surface area contributed by atoms with E-state index in [9.17, 15) is 4.79 Å². The second kappa shape index (κ2) is 9.81. The van der Waals surface area contributed by atoms with Crippen LogP contribution in [0.2, 0.25) is 5.02 Å². The van der Waals surface area contributed by atoms with Gasteiger partial charge in [-0.25, -0.2) is 0 Å². The van der Waals surface area contributed by atoms with Gasteiger partial charge < -0.3 is 9.64 Å². The molecule has 0 bridgehead atoms. The van der Waals surface area contributed by atoms with Crippen molar-refractivity contribution in [2.75, 3.05) is 39.4 Å². The van der Waals surface area contributed by atoms with Crippen molar-refractivity contribution >= 4 is 35.3 Å². The summed E-state index contributed by atoms with van der Waals surface area (Å²) < 4.78 is 5.42. The Balaban J connectivity index is 1.51. The summed E-state index contributed by atoms with van der Waals surface area (Å²) in [5.74, 6) is 0.103. The number of hydrogen-bond acceptors (Lipinski definition) is 4. The van der Waals surface area contributed by atoms with Gasteiger partial charge in [0.2, 0.25) is 0 Å². The maximum absolute atomic E-state index is 13.2. The Hall–Kier alpha value is -1.79. The van der Waals surface area contributed by atoms with Crippen molar-refractivity contribution in [1.29, 1.82) is 0 Å². The standard InChI is InChI=1S/C23H25ClN2O2S/c24-20-9-4-8-19(17-20)23-26(11-5-10-25-12-14-28-15-13-25)22(27)21(29-23)16-18-6-2-1-3-7-18/h1-4,6-9,16-17,23H,5,10-15H2/b21-16-. The molecule has 0 radical (unpaired) electrons. The fourth-order valence-corrected chi connectivity index (χ4v) is 5.17. The summed E-state index contributed by atoms with van der Waals surface area (Å²) in [6.07, 6.45) is 2.94. The van der Waals surface area contributed by atoms with E-state index in [1.807, 2.05) is 59.5 Å². The van der Waals surface area contributed by atoms with Crippen molar-refractivity contribution < 1.29 is 9.53 Å². The SMILES string of the molecule is O=C1/C(=C/c2ccccc2)SC(c2cccc(Cl)c2)N1CCCN1CCOCC1. The number of amides is 1. The third-order valence-electron chi connectivity index (χ3n) is 5.20. The summed E-state index contributed by atoms with van der Waals surface area (Å²) in [4.78, 5) is 18.4. The second-order valence-corrected chi connectivity index (χ2v) is 8.81. The molecule has 2 aliphatic heterocycles. The van der Waals surface area contributed by atoms with E-state index < -0.39 is 0 Å². The molecule has 4 rings (SSSR count). The number of hydrogen-bond donors (Lipinski definition) is 0. The van der Waals surface area contributed by atoms with Gasteiger partial charge in [0, 0.05) is 31.2 Å². The summed E-state index contributed by atoms with van der Waals surface area (Å²) in [7, 11) is 0. The highest BCUT2D eigenvalue weighted by molar-refractivity contribution is 8.04. The summed E-state index contributed by atoms with van der Waals surface area (Å²) in [6.45, 7) is 5.25. The van der Waals surface area contributed by atoms with Gasteiger partial charge in [-0.3, -0.25) is 9.69 Å². The van der Waals surface area contributed by atoms with Crippen molar-refractivity contribution in [3.63, 3.8) is 0 Å². The van der Waals surface area contributed by atoms with E-state index in [0.717, 1.165) is 61.8 Å². The number of morpholine rings is 1. The lowest BCUT2D eigenvalue weighted by atomic mass is 10.2. The summed E-state index contributed by atoms with van der Waals surface area (Å²) in [6, 6.07) is 17.9. The van der Waals surface area contributed by atoms with Gasteiger partial charge in [0.15, 0.2) is 0 Å². The highest BCUT2D eigenvalue weighted by Gasteiger charge is 2.36. The van der Waals surface area contributed by atoms with Crippen molar-refractivity contribution in [2.45, 2.75) is 11.8 Å². The predicted octanol–water partition coefficient (Wildman–Crippen LogP) is 4.68. The molecule has 0 spiro atoms. The molecule has 0 saturated carbocycles. The lowest BCUT2D eigenvalue weighted by Gasteiger charge is -2.28. The van der Waals surface area contributed by atoms with Crippen LogP contribution in [0.4, 0.5) is 0 Å². The highest BCUT2D eigenvalue weighted by Crippen LogP contribution is 2.46. The van der Waals surface area contributed by atoms with Gasteiger partial charge in [0.25, 0.3) is 5.91 Å². The van der Waals surface area contributed by atoms with E-state index in [2.05, 4.69) is 11.0 Å². The molecule has 0 N–H and O–H groups in total. The highest BCUT2D eigenvalue weighted by atomic mass is 35.5. The molecule has 2 heterocycles. The van der Waals surface area contributed by atoms with Crippen LogP contribution in [0.1, 0.15) is 22.9 Å². The minimum Gasteiger partial charge on any atom is -0.379 e. The van der Waals surface area contributed by atoms with Crippen LogP contribution in [0.3, 0.4) is 0 Å². The monoisotopic (exact) mass is 428 g/mol. The van der Waals surface area contributed by atoms with Gasteiger partial charge in [-0.2, -0.15) is 0 Å². The van der Waals surface area contributed by atoms with Crippen LogP contribution in [0.25, 0.3) is 6.08 Å². The van der Waals surface area contributed by atoms with Crippen LogP contribution >= 0.6 is 23.4 Å².